The molecule has 0 aliphatic carbocycles. The molecule has 0 aliphatic rings. The highest BCUT2D eigenvalue weighted by Gasteiger charge is 2.21. The van der Waals surface area contributed by atoms with Crippen LogP contribution in [0.4, 0.5) is 4.79 Å². The predicted molar refractivity (Wildman–Crippen MR) is 85.6 cm³/mol. The fraction of sp³-hybridized carbons (Fsp3) is 0.467. The molecule has 0 bridgehead atoms. The van der Waals surface area contributed by atoms with Gasteiger partial charge >= 0.3 is 12.0 Å². The van der Waals surface area contributed by atoms with E-state index < -0.39 is 12.0 Å². The van der Waals surface area contributed by atoms with Gasteiger partial charge in [-0.1, -0.05) is 29.8 Å². The number of carbonyl (C=O) groups excluding carboxylic acids is 1. The van der Waals surface area contributed by atoms with Crippen LogP contribution < -0.4 is 5.32 Å². The van der Waals surface area contributed by atoms with Gasteiger partial charge in [0.15, 0.2) is 0 Å². The number of urea groups is 1. The molecule has 0 aromatic heterocycles. The first-order valence-electron chi connectivity index (χ1n) is 6.73. The number of carboxylic acid groups (broad SMARTS) is 1. The third-order valence-corrected chi connectivity index (χ3v) is 3.74. The van der Waals surface area contributed by atoms with E-state index in [9.17, 15) is 9.59 Å². The van der Waals surface area contributed by atoms with Crippen molar-refractivity contribution in [2.24, 2.45) is 0 Å². The summed E-state index contributed by atoms with van der Waals surface area (Å²) in [5.74, 6) is -0.306. The van der Waals surface area contributed by atoms with Crippen molar-refractivity contribution in [3.63, 3.8) is 0 Å². The van der Waals surface area contributed by atoms with Gasteiger partial charge in [-0.15, -0.1) is 0 Å². The molecule has 0 heterocycles. The van der Waals surface area contributed by atoms with Crippen LogP contribution in [0.2, 0.25) is 0 Å². The summed E-state index contributed by atoms with van der Waals surface area (Å²) in [5, 5.41) is 11.7. The summed E-state index contributed by atoms with van der Waals surface area (Å²) >= 11 is 1.56. The van der Waals surface area contributed by atoms with Gasteiger partial charge in [-0.05, 0) is 30.9 Å². The Morgan fingerprint density at radius 1 is 1.33 bits per heavy atom. The van der Waals surface area contributed by atoms with E-state index in [-0.39, 0.29) is 6.03 Å². The third kappa shape index (κ3) is 6.08. The fourth-order valence-electron chi connectivity index (χ4n) is 1.79. The average Bonchev–Trinajstić information content (AvgIpc) is 2.45. The van der Waals surface area contributed by atoms with Crippen molar-refractivity contribution in [1.82, 2.24) is 10.2 Å². The van der Waals surface area contributed by atoms with Crippen molar-refractivity contribution < 1.29 is 14.7 Å². The van der Waals surface area contributed by atoms with E-state index in [0.29, 0.717) is 18.7 Å². The Morgan fingerprint density at radius 3 is 2.48 bits per heavy atom. The Morgan fingerprint density at radius 2 is 1.95 bits per heavy atom. The monoisotopic (exact) mass is 310 g/mol. The summed E-state index contributed by atoms with van der Waals surface area (Å²) in [5.41, 5.74) is 2.17. The molecular weight excluding hydrogens is 288 g/mol. The Kier molecular flexibility index (Phi) is 7.08. The molecule has 0 radical (unpaired) electrons. The highest BCUT2D eigenvalue weighted by Crippen LogP contribution is 2.07. The molecule has 1 aromatic rings. The van der Waals surface area contributed by atoms with Crippen molar-refractivity contribution in [3.05, 3.63) is 35.4 Å². The van der Waals surface area contributed by atoms with Crippen molar-refractivity contribution >= 4 is 23.8 Å². The molecule has 1 rings (SSSR count). The van der Waals surface area contributed by atoms with Gasteiger partial charge in [0.2, 0.25) is 0 Å². The van der Waals surface area contributed by atoms with Gasteiger partial charge < -0.3 is 15.3 Å². The Balaban J connectivity index is 2.56. The molecule has 0 saturated carbocycles. The maximum absolute atomic E-state index is 12.0. The lowest BCUT2D eigenvalue weighted by molar-refractivity contribution is -0.139. The minimum atomic E-state index is -0.999. The lowest BCUT2D eigenvalue weighted by atomic mass is 10.1. The molecule has 6 heteroatoms. The second-order valence-corrected chi connectivity index (χ2v) is 5.95. The van der Waals surface area contributed by atoms with Gasteiger partial charge in [-0.3, -0.25) is 0 Å². The number of nitrogens with one attached hydrogen (secondary N) is 1. The summed E-state index contributed by atoms with van der Waals surface area (Å²) in [4.78, 5) is 24.6. The molecule has 0 aliphatic heterocycles. The van der Waals surface area contributed by atoms with E-state index in [2.05, 4.69) is 5.32 Å². The zero-order chi connectivity index (χ0) is 15.8. The van der Waals surface area contributed by atoms with Crippen LogP contribution in [0.5, 0.6) is 0 Å². The highest BCUT2D eigenvalue weighted by atomic mass is 32.2. The maximum atomic E-state index is 12.0. The van der Waals surface area contributed by atoms with Crippen LogP contribution in [-0.4, -0.2) is 47.1 Å². The molecule has 116 valence electrons. The quantitative estimate of drug-likeness (QED) is 0.811. The molecule has 5 nitrogen and oxygen atoms in total. The summed E-state index contributed by atoms with van der Waals surface area (Å²) in [7, 11) is 1.66. The standard InChI is InChI=1S/C15H22N2O3S/c1-11-4-6-12(7-5-11)10-17(2)15(20)16-13(14(18)19)8-9-21-3/h4-7,13H,8-10H2,1-3H3,(H,16,20)(H,18,19)/t13-/m1/s1. The number of rotatable bonds is 7. The fourth-order valence-corrected chi connectivity index (χ4v) is 2.26. The van der Waals surface area contributed by atoms with Crippen molar-refractivity contribution in [2.75, 3.05) is 19.1 Å². The van der Waals surface area contributed by atoms with Gasteiger partial charge in [0, 0.05) is 13.6 Å². The van der Waals surface area contributed by atoms with Gasteiger partial charge in [0.25, 0.3) is 0 Å². The minimum Gasteiger partial charge on any atom is -0.480 e. The largest absolute Gasteiger partial charge is 0.480 e. The van der Waals surface area contributed by atoms with Crippen LogP contribution in [0.15, 0.2) is 24.3 Å². The first-order valence-corrected chi connectivity index (χ1v) is 8.12. The number of benzene rings is 1. The van der Waals surface area contributed by atoms with Crippen LogP contribution in [0, 0.1) is 6.92 Å². The highest BCUT2D eigenvalue weighted by molar-refractivity contribution is 7.98. The molecule has 0 unspecified atom stereocenters. The molecule has 0 saturated heterocycles. The molecule has 21 heavy (non-hydrogen) atoms. The lowest BCUT2D eigenvalue weighted by Crippen LogP contribution is -2.46. The number of carboxylic acids is 1. The zero-order valence-corrected chi connectivity index (χ0v) is 13.4. The summed E-state index contributed by atoms with van der Waals surface area (Å²) in [6.07, 6.45) is 2.32. The summed E-state index contributed by atoms with van der Waals surface area (Å²) in [6.45, 7) is 2.45. The second kappa shape index (κ2) is 8.56. The Labute approximate surface area is 129 Å². The number of hydrogen-bond donors (Lipinski definition) is 2. The normalized spacial score (nSPS) is 11.8. The SMILES string of the molecule is CSCC[C@@H](NC(=O)N(C)Cc1ccc(C)cc1)C(=O)O. The van der Waals surface area contributed by atoms with Gasteiger partial charge in [-0.25, -0.2) is 9.59 Å². The van der Waals surface area contributed by atoms with Crippen LogP contribution in [0.3, 0.4) is 0 Å². The van der Waals surface area contributed by atoms with Crippen LogP contribution >= 0.6 is 11.8 Å². The third-order valence-electron chi connectivity index (χ3n) is 3.09. The number of aryl methyl sites for hydroxylation is 1. The minimum absolute atomic E-state index is 0.371. The second-order valence-electron chi connectivity index (χ2n) is 4.96. The number of thioether (sulfide) groups is 1. The molecule has 2 N–H and O–H groups in total. The molecule has 0 fully saturated rings. The number of amides is 2. The number of carbonyl (C=O) groups is 2. The van der Waals surface area contributed by atoms with E-state index >= 15 is 0 Å². The van der Waals surface area contributed by atoms with E-state index in [4.69, 9.17) is 5.11 Å². The molecular formula is C15H22N2O3S. The zero-order valence-electron chi connectivity index (χ0n) is 12.6. The van der Waals surface area contributed by atoms with Crippen LogP contribution in [0.25, 0.3) is 0 Å². The molecule has 1 aromatic carbocycles. The van der Waals surface area contributed by atoms with Gasteiger partial charge in [-0.2, -0.15) is 11.8 Å². The number of aliphatic carboxylic acids is 1. The Hall–Kier alpha value is -1.69. The van der Waals surface area contributed by atoms with E-state index in [0.717, 1.165) is 11.1 Å². The first kappa shape index (κ1) is 17.4. The van der Waals surface area contributed by atoms with E-state index in [1.54, 1.807) is 18.8 Å². The first-order chi connectivity index (χ1) is 9.93. The summed E-state index contributed by atoms with van der Waals surface area (Å²) < 4.78 is 0. The predicted octanol–water partition coefficient (Wildman–Crippen LogP) is 2.34. The van der Waals surface area contributed by atoms with Crippen LogP contribution in [-0.2, 0) is 11.3 Å². The summed E-state index contributed by atoms with van der Waals surface area (Å²) in [6, 6.07) is 6.68. The average molecular weight is 310 g/mol. The smallest absolute Gasteiger partial charge is 0.326 e. The van der Waals surface area contributed by atoms with Gasteiger partial charge in [0.1, 0.15) is 6.04 Å². The van der Waals surface area contributed by atoms with Gasteiger partial charge in [0.05, 0.1) is 0 Å². The Bertz CT molecular complexity index is 476. The lowest BCUT2D eigenvalue weighted by Gasteiger charge is -2.21. The van der Waals surface area contributed by atoms with Crippen LogP contribution in [0.1, 0.15) is 17.5 Å². The van der Waals surface area contributed by atoms with Crippen molar-refractivity contribution in [1.29, 1.82) is 0 Å². The topological polar surface area (TPSA) is 69.6 Å². The number of nitrogens with zero attached hydrogens (tertiary/aromatic N) is 1. The molecule has 1 atom stereocenters. The molecule has 0 spiro atoms. The van der Waals surface area contributed by atoms with Crippen molar-refractivity contribution in [3.8, 4) is 0 Å². The maximum Gasteiger partial charge on any atom is 0.326 e. The van der Waals surface area contributed by atoms with E-state index in [1.165, 1.54) is 4.90 Å². The number of hydrogen-bond acceptors (Lipinski definition) is 3. The molecule has 2 amide bonds. The van der Waals surface area contributed by atoms with Crippen molar-refractivity contribution in [2.45, 2.75) is 25.9 Å². The van der Waals surface area contributed by atoms with E-state index in [1.807, 2.05) is 37.4 Å².